The van der Waals surface area contributed by atoms with E-state index in [2.05, 4.69) is 5.32 Å². The molecule has 0 saturated heterocycles. The van der Waals surface area contributed by atoms with E-state index in [0.29, 0.717) is 31.4 Å². The van der Waals surface area contributed by atoms with Gasteiger partial charge in [-0.25, -0.2) is 9.59 Å². The number of aryl methyl sites for hydroxylation is 2. The second kappa shape index (κ2) is 16.1. The van der Waals surface area contributed by atoms with Gasteiger partial charge in [0, 0.05) is 5.69 Å². The van der Waals surface area contributed by atoms with Gasteiger partial charge in [-0.1, -0.05) is 48.5 Å². The number of carboxylic acid groups (broad SMARTS) is 3. The number of carboxylic acids is 3. The number of esters is 1. The Balaban J connectivity index is 0.000000503. The molecule has 1 heterocycles. The molecule has 6 N–H and O–H groups in total. The largest absolute Gasteiger partial charge is 0.480 e. The second-order valence-electron chi connectivity index (χ2n) is 9.10. The van der Waals surface area contributed by atoms with Crippen molar-refractivity contribution in [3.63, 3.8) is 0 Å². The molecule has 222 valence electrons. The fourth-order valence-corrected chi connectivity index (χ4v) is 4.15. The van der Waals surface area contributed by atoms with Crippen molar-refractivity contribution in [1.29, 1.82) is 0 Å². The van der Waals surface area contributed by atoms with Crippen molar-refractivity contribution in [2.45, 2.75) is 56.9 Å². The topological polar surface area (TPSA) is 211 Å². The predicted octanol–water partition coefficient (Wildman–Crippen LogP) is 0.451. The molecule has 1 aliphatic rings. The standard InChI is InChI=1S/C24H28N2O5.C4H6O6/c1-2-31-24(30)20(14-12-17-8-4-3-5-9-17)25-19-15-13-18-10-6-7-11-21(18)26(23(19)29)16-22(27)28;5-1(3(7)8)2(6)4(9)10/h3-11,19-20,25H,2,12-16H2,1H3,(H,27,28);1-2,5-6H,(H,7,8)(H,9,10)/t19-,20?;/m0./s1. The summed E-state index contributed by atoms with van der Waals surface area (Å²) in [6.45, 7) is 1.56. The van der Waals surface area contributed by atoms with Crippen molar-refractivity contribution in [2.75, 3.05) is 18.1 Å². The minimum absolute atomic E-state index is 0.248. The lowest BCUT2D eigenvalue weighted by Gasteiger charge is -2.27. The van der Waals surface area contributed by atoms with Gasteiger partial charge in [0.05, 0.1) is 12.6 Å². The molecular formula is C28H34N2O11. The molecule has 0 fully saturated rings. The number of aliphatic carboxylic acids is 3. The predicted molar refractivity (Wildman–Crippen MR) is 144 cm³/mol. The minimum Gasteiger partial charge on any atom is -0.480 e. The first-order valence-electron chi connectivity index (χ1n) is 12.9. The summed E-state index contributed by atoms with van der Waals surface area (Å²) in [5.74, 6) is -5.38. The van der Waals surface area contributed by atoms with Crippen LogP contribution < -0.4 is 10.2 Å². The summed E-state index contributed by atoms with van der Waals surface area (Å²) in [4.78, 5) is 58.2. The minimum atomic E-state index is -2.27. The highest BCUT2D eigenvalue weighted by molar-refractivity contribution is 6.02. The van der Waals surface area contributed by atoms with Crippen LogP contribution in [0, 0.1) is 0 Å². The molecule has 13 nitrogen and oxygen atoms in total. The third kappa shape index (κ3) is 9.98. The Bertz CT molecular complexity index is 1190. The van der Waals surface area contributed by atoms with E-state index >= 15 is 0 Å². The average molecular weight is 575 g/mol. The molecule has 2 aromatic rings. The molecule has 4 atom stereocenters. The number of aliphatic hydroxyl groups excluding tert-OH is 2. The molecule has 2 aromatic carbocycles. The highest BCUT2D eigenvalue weighted by Crippen LogP contribution is 2.27. The molecule has 0 spiro atoms. The first-order valence-corrected chi connectivity index (χ1v) is 12.9. The Labute approximate surface area is 236 Å². The first-order chi connectivity index (χ1) is 19.5. The number of amides is 1. The summed E-state index contributed by atoms with van der Waals surface area (Å²) in [5, 5.41) is 45.1. The van der Waals surface area contributed by atoms with Crippen LogP contribution in [0.2, 0.25) is 0 Å². The first kappa shape index (κ1) is 32.9. The highest BCUT2D eigenvalue weighted by Gasteiger charge is 2.34. The Morgan fingerprint density at radius 3 is 2.10 bits per heavy atom. The van der Waals surface area contributed by atoms with Gasteiger partial charge in [-0.3, -0.25) is 24.6 Å². The monoisotopic (exact) mass is 574 g/mol. The fourth-order valence-electron chi connectivity index (χ4n) is 4.15. The van der Waals surface area contributed by atoms with E-state index in [1.807, 2.05) is 42.5 Å². The number of nitrogens with zero attached hydrogens (tertiary/aromatic N) is 1. The van der Waals surface area contributed by atoms with Gasteiger partial charge in [-0.05, 0) is 49.8 Å². The molecule has 0 saturated carbocycles. The number of hydrogen-bond acceptors (Lipinski definition) is 9. The van der Waals surface area contributed by atoms with Crippen molar-refractivity contribution in [3.05, 3.63) is 65.7 Å². The molecule has 3 rings (SSSR count). The number of hydrogen-bond donors (Lipinski definition) is 6. The Morgan fingerprint density at radius 1 is 0.951 bits per heavy atom. The lowest BCUT2D eigenvalue weighted by atomic mass is 10.0. The zero-order chi connectivity index (χ0) is 30.5. The zero-order valence-electron chi connectivity index (χ0n) is 22.4. The number of aliphatic hydroxyl groups is 2. The van der Waals surface area contributed by atoms with Crippen LogP contribution in [0.5, 0.6) is 0 Å². The Kier molecular flexibility index (Phi) is 12.9. The van der Waals surface area contributed by atoms with E-state index in [1.165, 1.54) is 4.90 Å². The summed E-state index contributed by atoms with van der Waals surface area (Å²) < 4.78 is 5.23. The van der Waals surface area contributed by atoms with Gasteiger partial charge in [0.15, 0.2) is 12.2 Å². The average Bonchev–Trinajstić information content (AvgIpc) is 3.07. The fraction of sp³-hybridized carbons (Fsp3) is 0.393. The van der Waals surface area contributed by atoms with Crippen molar-refractivity contribution in [2.24, 2.45) is 0 Å². The van der Waals surface area contributed by atoms with Gasteiger partial charge in [0.25, 0.3) is 0 Å². The van der Waals surface area contributed by atoms with Crippen LogP contribution in [0.4, 0.5) is 5.69 Å². The van der Waals surface area contributed by atoms with E-state index in [-0.39, 0.29) is 12.5 Å². The lowest BCUT2D eigenvalue weighted by Crippen LogP contribution is -2.53. The number of anilines is 1. The normalized spacial score (nSPS) is 16.6. The second-order valence-corrected chi connectivity index (χ2v) is 9.10. The molecule has 0 radical (unpaired) electrons. The maximum absolute atomic E-state index is 13.3. The van der Waals surface area contributed by atoms with Crippen molar-refractivity contribution >= 4 is 35.5 Å². The smallest absolute Gasteiger partial charge is 0.335 e. The molecule has 0 aliphatic carbocycles. The van der Waals surface area contributed by atoms with E-state index in [9.17, 15) is 29.1 Å². The van der Waals surface area contributed by atoms with Crippen LogP contribution in [0.1, 0.15) is 30.9 Å². The van der Waals surface area contributed by atoms with Crippen molar-refractivity contribution in [1.82, 2.24) is 5.32 Å². The highest BCUT2D eigenvalue weighted by atomic mass is 16.5. The maximum atomic E-state index is 13.3. The summed E-state index contributed by atoms with van der Waals surface area (Å²) in [6, 6.07) is 15.8. The van der Waals surface area contributed by atoms with Crippen LogP contribution in [0.15, 0.2) is 54.6 Å². The SMILES string of the molecule is CCOC(=O)C(CCc1ccccc1)N[C@H]1CCc2ccccc2N(CC(=O)O)C1=O.O=C(O)C(O)C(O)C(=O)O. The third-order valence-corrected chi connectivity index (χ3v) is 6.19. The third-order valence-electron chi connectivity index (χ3n) is 6.19. The van der Waals surface area contributed by atoms with Gasteiger partial charge in [-0.15, -0.1) is 0 Å². The van der Waals surface area contributed by atoms with Gasteiger partial charge in [0.1, 0.15) is 12.6 Å². The Morgan fingerprint density at radius 2 is 1.54 bits per heavy atom. The van der Waals surface area contributed by atoms with Gasteiger partial charge >= 0.3 is 23.9 Å². The molecule has 1 amide bonds. The molecule has 0 bridgehead atoms. The van der Waals surface area contributed by atoms with E-state index in [4.69, 9.17) is 25.2 Å². The number of ether oxygens (including phenoxy) is 1. The zero-order valence-corrected chi connectivity index (χ0v) is 22.4. The summed E-state index contributed by atoms with van der Waals surface area (Å²) >= 11 is 0. The molecular weight excluding hydrogens is 540 g/mol. The van der Waals surface area contributed by atoms with E-state index in [1.54, 1.807) is 19.1 Å². The number of para-hydroxylation sites is 1. The van der Waals surface area contributed by atoms with Crippen LogP contribution in [0.3, 0.4) is 0 Å². The summed E-state index contributed by atoms with van der Waals surface area (Å²) in [6.07, 6.45) is -2.34. The quantitative estimate of drug-likeness (QED) is 0.191. The number of nitrogens with one attached hydrogen (secondary N) is 1. The molecule has 0 aromatic heterocycles. The van der Waals surface area contributed by atoms with Gasteiger partial charge in [0.2, 0.25) is 5.91 Å². The molecule has 41 heavy (non-hydrogen) atoms. The number of carbonyl (C=O) groups excluding carboxylic acids is 2. The lowest BCUT2D eigenvalue weighted by molar-refractivity contribution is -0.165. The van der Waals surface area contributed by atoms with E-state index in [0.717, 1.165) is 11.1 Å². The number of rotatable bonds is 12. The van der Waals surface area contributed by atoms with Crippen molar-refractivity contribution in [3.8, 4) is 0 Å². The number of benzene rings is 2. The van der Waals surface area contributed by atoms with Crippen LogP contribution >= 0.6 is 0 Å². The molecule has 1 aliphatic heterocycles. The summed E-state index contributed by atoms with van der Waals surface area (Å²) in [5.41, 5.74) is 2.61. The maximum Gasteiger partial charge on any atom is 0.335 e. The summed E-state index contributed by atoms with van der Waals surface area (Å²) in [7, 11) is 0. The van der Waals surface area contributed by atoms with Crippen LogP contribution in [-0.2, 0) is 41.6 Å². The number of carbonyl (C=O) groups is 5. The van der Waals surface area contributed by atoms with Crippen LogP contribution in [0.25, 0.3) is 0 Å². The Hall–Kier alpha value is -4.33. The molecule has 13 heteroatoms. The van der Waals surface area contributed by atoms with Gasteiger partial charge < -0.3 is 30.3 Å². The van der Waals surface area contributed by atoms with Crippen LogP contribution in [-0.4, -0.2) is 92.8 Å². The molecule has 3 unspecified atom stereocenters. The van der Waals surface area contributed by atoms with Crippen molar-refractivity contribution < 1.29 is 54.2 Å². The van der Waals surface area contributed by atoms with E-state index < -0.39 is 54.7 Å². The number of fused-ring (bicyclic) bond motifs is 1. The van der Waals surface area contributed by atoms with Gasteiger partial charge in [-0.2, -0.15) is 0 Å².